The number of benzene rings is 1. The van der Waals surface area contributed by atoms with E-state index in [1.54, 1.807) is 18.2 Å². The molecular formula is C16H14N4O5. The average molecular weight is 342 g/mol. The van der Waals surface area contributed by atoms with Gasteiger partial charge in [-0.3, -0.25) is 4.79 Å². The highest BCUT2D eigenvalue weighted by Gasteiger charge is 2.23. The van der Waals surface area contributed by atoms with E-state index in [-0.39, 0.29) is 11.4 Å². The molecule has 2 aromatic heterocycles. The number of fused-ring (bicyclic) bond motifs is 1. The summed E-state index contributed by atoms with van der Waals surface area (Å²) < 4.78 is 5.37. The molecule has 3 aromatic rings. The number of rotatable bonds is 4. The fourth-order valence-electron chi connectivity index (χ4n) is 2.21. The molecule has 0 aliphatic rings. The van der Waals surface area contributed by atoms with Crippen LogP contribution in [0.5, 0.6) is 0 Å². The molecule has 0 radical (unpaired) electrons. The monoisotopic (exact) mass is 342 g/mol. The van der Waals surface area contributed by atoms with Crippen molar-refractivity contribution in [1.82, 2.24) is 9.97 Å². The number of nitrogens with zero attached hydrogens (tertiary/aromatic N) is 1. The Morgan fingerprint density at radius 2 is 1.96 bits per heavy atom. The molecule has 1 amide bonds. The zero-order valence-corrected chi connectivity index (χ0v) is 13.1. The summed E-state index contributed by atoms with van der Waals surface area (Å²) in [5, 5.41) is 14.1. The maximum Gasteiger partial charge on any atom is 0.405 e. The smallest absolute Gasteiger partial charge is 0.405 e. The highest BCUT2D eigenvalue weighted by atomic mass is 16.6. The van der Waals surface area contributed by atoms with Crippen LogP contribution in [-0.4, -0.2) is 27.9 Å². The van der Waals surface area contributed by atoms with Crippen LogP contribution in [0, 0.1) is 5.21 Å². The quantitative estimate of drug-likeness (QED) is 0.364. The third-order valence-electron chi connectivity index (χ3n) is 3.47. The summed E-state index contributed by atoms with van der Waals surface area (Å²) in [6, 6.07) is 9.09. The molecule has 0 saturated heterocycles. The number of anilines is 1. The van der Waals surface area contributed by atoms with Crippen molar-refractivity contribution in [3.05, 3.63) is 64.0 Å². The van der Waals surface area contributed by atoms with E-state index >= 15 is 0 Å². The number of imidazole rings is 1. The number of hydrogen-bond donors (Lipinski definition) is 3. The van der Waals surface area contributed by atoms with Gasteiger partial charge in [0.15, 0.2) is 12.3 Å². The second-order valence-electron chi connectivity index (χ2n) is 5.29. The molecule has 3 rings (SSSR count). The van der Waals surface area contributed by atoms with Gasteiger partial charge < -0.3 is 25.2 Å². The Morgan fingerprint density at radius 1 is 1.20 bits per heavy atom. The Hall–Kier alpha value is -3.62. The number of amides is 1. The molecule has 0 bridgehead atoms. The molecule has 1 aromatic carbocycles. The van der Waals surface area contributed by atoms with Gasteiger partial charge in [0.2, 0.25) is 0 Å². The maximum absolute atomic E-state index is 12.2. The molecule has 9 nitrogen and oxygen atoms in total. The van der Waals surface area contributed by atoms with Crippen molar-refractivity contribution in [3.63, 3.8) is 0 Å². The molecule has 9 heteroatoms. The molecular weight excluding hydrogens is 328 g/mol. The van der Waals surface area contributed by atoms with Gasteiger partial charge in [0.25, 0.3) is 5.91 Å². The first-order valence-corrected chi connectivity index (χ1v) is 7.36. The normalized spacial score (nSPS) is 11.9. The van der Waals surface area contributed by atoms with E-state index in [1.807, 2.05) is 0 Å². The van der Waals surface area contributed by atoms with E-state index in [9.17, 15) is 19.6 Å². The molecule has 0 unspecified atom stereocenters. The maximum atomic E-state index is 12.2. The Balaban J connectivity index is 1.68. The van der Waals surface area contributed by atoms with Gasteiger partial charge >= 0.3 is 17.4 Å². The first kappa shape index (κ1) is 16.2. The third kappa shape index (κ3) is 3.50. The van der Waals surface area contributed by atoms with Crippen molar-refractivity contribution >= 4 is 28.6 Å². The van der Waals surface area contributed by atoms with E-state index in [1.165, 1.54) is 25.1 Å². The molecule has 128 valence electrons. The number of ether oxygens (including phenoxy) is 1. The topological polar surface area (TPSA) is 131 Å². The van der Waals surface area contributed by atoms with Gasteiger partial charge in [-0.05, 0) is 31.2 Å². The minimum absolute atomic E-state index is 0.214. The second-order valence-corrected chi connectivity index (χ2v) is 5.29. The lowest BCUT2D eigenvalue weighted by molar-refractivity contribution is -0.608. The minimum Gasteiger partial charge on any atom is -0.618 e. The number of carbonyl (C=O) groups excluding carboxylic acids is 2. The summed E-state index contributed by atoms with van der Waals surface area (Å²) in [6.07, 6.45) is 0.0439. The lowest BCUT2D eigenvalue weighted by Gasteiger charge is -2.13. The summed E-state index contributed by atoms with van der Waals surface area (Å²) in [4.78, 5) is 40.5. The molecule has 0 aliphatic carbocycles. The van der Waals surface area contributed by atoms with Crippen LogP contribution in [0.2, 0.25) is 0 Å². The molecule has 0 fully saturated rings. The number of aromatic amines is 2. The average Bonchev–Trinajstić information content (AvgIpc) is 2.94. The molecule has 25 heavy (non-hydrogen) atoms. The summed E-state index contributed by atoms with van der Waals surface area (Å²) in [5.74, 6) is -1.47. The van der Waals surface area contributed by atoms with Gasteiger partial charge in [-0.25, -0.2) is 9.59 Å². The zero-order valence-electron chi connectivity index (χ0n) is 13.1. The van der Waals surface area contributed by atoms with Gasteiger partial charge in [-0.1, -0.05) is 0 Å². The van der Waals surface area contributed by atoms with Gasteiger partial charge in [-0.2, -0.15) is 4.73 Å². The van der Waals surface area contributed by atoms with E-state index < -0.39 is 18.0 Å². The first-order chi connectivity index (χ1) is 11.9. The number of pyridine rings is 1. The van der Waals surface area contributed by atoms with Gasteiger partial charge in [0, 0.05) is 17.8 Å². The van der Waals surface area contributed by atoms with Crippen LogP contribution in [0.15, 0.2) is 47.4 Å². The fraction of sp³-hybridized carbons (Fsp3) is 0.125. The molecule has 1 atom stereocenters. The van der Waals surface area contributed by atoms with Crippen molar-refractivity contribution in [2.24, 2.45) is 0 Å². The predicted octanol–water partition coefficient (Wildman–Crippen LogP) is 0.674. The fourth-order valence-corrected chi connectivity index (χ4v) is 2.21. The lowest BCUT2D eigenvalue weighted by Crippen LogP contribution is -2.37. The molecule has 0 saturated carbocycles. The van der Waals surface area contributed by atoms with Gasteiger partial charge in [-0.15, -0.1) is 0 Å². The number of H-pyrrole nitrogens is 2. The zero-order chi connectivity index (χ0) is 18.0. The van der Waals surface area contributed by atoms with E-state index in [0.29, 0.717) is 21.5 Å². The first-order valence-electron chi connectivity index (χ1n) is 7.36. The van der Waals surface area contributed by atoms with Crippen LogP contribution in [0.1, 0.15) is 17.4 Å². The number of nitrogens with one attached hydrogen (secondary N) is 3. The Morgan fingerprint density at radius 3 is 2.72 bits per heavy atom. The molecule has 3 N–H and O–H groups in total. The van der Waals surface area contributed by atoms with Crippen molar-refractivity contribution in [1.29, 1.82) is 0 Å². The molecule has 2 heterocycles. The van der Waals surface area contributed by atoms with Crippen molar-refractivity contribution in [2.45, 2.75) is 13.0 Å². The van der Waals surface area contributed by atoms with Crippen LogP contribution in [-0.2, 0) is 9.53 Å². The van der Waals surface area contributed by atoms with E-state index in [2.05, 4.69) is 15.3 Å². The number of aromatic nitrogens is 3. The summed E-state index contributed by atoms with van der Waals surface area (Å²) in [7, 11) is 0. The lowest BCUT2D eigenvalue weighted by atomic mass is 10.2. The Labute approximate surface area is 140 Å². The van der Waals surface area contributed by atoms with E-state index in [0.717, 1.165) is 6.20 Å². The standard InChI is InChI=1S/C16H14N4O5/c1-9(25-15(22)13-4-2-3-7-20(13)24)14(21)17-10-5-6-11-12(8-10)19-16(23)18-11/h2-9H,1H3,(H,17,21)(H2,18,19,23)/t9-/m1/s1. The van der Waals surface area contributed by atoms with Crippen LogP contribution in [0.25, 0.3) is 11.0 Å². The number of carbonyl (C=O) groups is 2. The SMILES string of the molecule is C[C@@H](OC(=O)c1cccc[n+]1[O-])C(=O)Nc1ccc2[nH]c(=O)[nH]c2c1. The van der Waals surface area contributed by atoms with Crippen LogP contribution < -0.4 is 15.7 Å². The second kappa shape index (κ2) is 6.48. The summed E-state index contributed by atoms with van der Waals surface area (Å²) >= 11 is 0. The largest absolute Gasteiger partial charge is 0.618 e. The predicted molar refractivity (Wildman–Crippen MR) is 87.8 cm³/mol. The summed E-state index contributed by atoms with van der Waals surface area (Å²) in [6.45, 7) is 1.39. The van der Waals surface area contributed by atoms with Crippen molar-refractivity contribution in [2.75, 3.05) is 5.32 Å². The van der Waals surface area contributed by atoms with Crippen molar-refractivity contribution < 1.29 is 19.1 Å². The third-order valence-corrected chi connectivity index (χ3v) is 3.47. The Kier molecular flexibility index (Phi) is 4.21. The molecule has 0 spiro atoms. The number of hydrogen-bond acceptors (Lipinski definition) is 5. The van der Waals surface area contributed by atoms with E-state index in [4.69, 9.17) is 4.74 Å². The highest BCUT2D eigenvalue weighted by molar-refractivity contribution is 5.97. The van der Waals surface area contributed by atoms with Gasteiger partial charge in [0.1, 0.15) is 0 Å². The van der Waals surface area contributed by atoms with Crippen LogP contribution in [0.4, 0.5) is 5.69 Å². The van der Waals surface area contributed by atoms with Crippen LogP contribution in [0.3, 0.4) is 0 Å². The van der Waals surface area contributed by atoms with Crippen molar-refractivity contribution in [3.8, 4) is 0 Å². The summed E-state index contributed by atoms with van der Waals surface area (Å²) in [5.41, 5.74) is 0.993. The number of esters is 1. The van der Waals surface area contributed by atoms with Gasteiger partial charge in [0.05, 0.1) is 11.0 Å². The molecule has 0 aliphatic heterocycles. The minimum atomic E-state index is -1.12. The van der Waals surface area contributed by atoms with Crippen LogP contribution >= 0.6 is 0 Å². The highest BCUT2D eigenvalue weighted by Crippen LogP contribution is 2.15. The Bertz CT molecular complexity index is 1010.